The van der Waals surface area contributed by atoms with Crippen molar-refractivity contribution in [2.24, 2.45) is 11.8 Å². The fraction of sp³-hybridized carbons (Fsp3) is 0.846. The van der Waals surface area contributed by atoms with Gasteiger partial charge in [-0.25, -0.2) is 0 Å². The van der Waals surface area contributed by atoms with E-state index in [1.165, 1.54) is 45.4 Å². The summed E-state index contributed by atoms with van der Waals surface area (Å²) in [6.45, 7) is 9.57. The first-order valence-electron chi connectivity index (χ1n) is 6.37. The fourth-order valence-corrected chi connectivity index (χ4v) is 2.87. The molecule has 2 rings (SSSR count). The number of halogens is 1. The van der Waals surface area contributed by atoms with E-state index in [2.05, 4.69) is 23.4 Å². The summed E-state index contributed by atoms with van der Waals surface area (Å²) in [5.41, 5.74) is 0. The molecule has 0 N–H and O–H groups in total. The van der Waals surface area contributed by atoms with E-state index in [-0.39, 0.29) is 0 Å². The van der Waals surface area contributed by atoms with E-state index in [0.717, 1.165) is 23.4 Å². The predicted octanol–water partition coefficient (Wildman–Crippen LogP) is 2.40. The lowest BCUT2D eigenvalue weighted by atomic mass is 10.1. The van der Waals surface area contributed by atoms with Crippen LogP contribution >= 0.6 is 11.6 Å². The summed E-state index contributed by atoms with van der Waals surface area (Å²) in [7, 11) is 2.27. The highest BCUT2D eigenvalue weighted by molar-refractivity contribution is 6.29. The van der Waals surface area contributed by atoms with Gasteiger partial charge in [-0.15, -0.1) is 0 Å². The van der Waals surface area contributed by atoms with Crippen LogP contribution in [0.5, 0.6) is 0 Å². The number of hydrogen-bond donors (Lipinski definition) is 0. The molecule has 1 aliphatic heterocycles. The molecule has 1 unspecified atom stereocenters. The van der Waals surface area contributed by atoms with Crippen molar-refractivity contribution in [1.29, 1.82) is 0 Å². The van der Waals surface area contributed by atoms with E-state index in [9.17, 15) is 0 Å². The minimum Gasteiger partial charge on any atom is -0.306 e. The highest BCUT2D eigenvalue weighted by atomic mass is 35.5. The Labute approximate surface area is 104 Å². The largest absolute Gasteiger partial charge is 0.306 e. The number of likely N-dealkylation sites (tertiary alicyclic amines) is 1. The normalized spacial score (nSPS) is 26.6. The van der Waals surface area contributed by atoms with Gasteiger partial charge < -0.3 is 4.90 Å². The molecule has 16 heavy (non-hydrogen) atoms. The molecule has 0 spiro atoms. The lowest BCUT2D eigenvalue weighted by molar-refractivity contribution is 0.261. The Morgan fingerprint density at radius 2 is 2.00 bits per heavy atom. The predicted molar refractivity (Wildman–Crippen MR) is 69.8 cm³/mol. The second kappa shape index (κ2) is 5.52. The smallest absolute Gasteiger partial charge is 0.0335 e. The molecular weight excluding hydrogens is 220 g/mol. The van der Waals surface area contributed by atoms with Gasteiger partial charge in [-0.1, -0.05) is 18.2 Å². The monoisotopic (exact) mass is 242 g/mol. The highest BCUT2D eigenvalue weighted by Gasteiger charge is 2.26. The maximum Gasteiger partial charge on any atom is 0.0335 e. The van der Waals surface area contributed by atoms with Gasteiger partial charge in [0.1, 0.15) is 0 Å². The molecule has 2 aliphatic rings. The third-order valence-electron chi connectivity index (χ3n) is 3.60. The molecule has 0 aromatic heterocycles. The average molecular weight is 243 g/mol. The van der Waals surface area contributed by atoms with E-state index in [1.807, 2.05) is 0 Å². The molecule has 3 heteroatoms. The first-order valence-corrected chi connectivity index (χ1v) is 6.75. The zero-order valence-electron chi connectivity index (χ0n) is 10.3. The first kappa shape index (κ1) is 12.4. The molecule has 1 aliphatic carbocycles. The van der Waals surface area contributed by atoms with Crippen molar-refractivity contribution in [2.75, 3.05) is 39.8 Å². The summed E-state index contributed by atoms with van der Waals surface area (Å²) in [6.07, 6.45) is 4.22. The molecule has 1 saturated heterocycles. The Bertz CT molecular complexity index is 250. The van der Waals surface area contributed by atoms with Crippen LogP contribution < -0.4 is 0 Å². The Morgan fingerprint density at radius 3 is 2.62 bits per heavy atom. The van der Waals surface area contributed by atoms with Gasteiger partial charge in [0.05, 0.1) is 0 Å². The van der Waals surface area contributed by atoms with Gasteiger partial charge in [-0.3, -0.25) is 4.90 Å². The van der Waals surface area contributed by atoms with Crippen LogP contribution in [-0.4, -0.2) is 49.6 Å². The van der Waals surface area contributed by atoms with Crippen molar-refractivity contribution < 1.29 is 0 Å². The van der Waals surface area contributed by atoms with Gasteiger partial charge in [0.2, 0.25) is 0 Å². The number of rotatable bonds is 6. The first-order chi connectivity index (χ1) is 7.63. The van der Waals surface area contributed by atoms with Crippen LogP contribution in [0.25, 0.3) is 0 Å². The molecule has 1 heterocycles. The van der Waals surface area contributed by atoms with E-state index < -0.39 is 0 Å². The SMILES string of the molecule is C=C(Cl)CN1CCC(CN(C)CC2CC2)C1. The summed E-state index contributed by atoms with van der Waals surface area (Å²) >= 11 is 5.84. The lowest BCUT2D eigenvalue weighted by Gasteiger charge is -2.21. The molecule has 92 valence electrons. The van der Waals surface area contributed by atoms with E-state index in [4.69, 9.17) is 11.6 Å². The molecule has 1 atom stereocenters. The molecule has 2 nitrogen and oxygen atoms in total. The van der Waals surface area contributed by atoms with Crippen LogP contribution in [0.2, 0.25) is 0 Å². The minimum absolute atomic E-state index is 0.770. The maximum absolute atomic E-state index is 5.84. The van der Waals surface area contributed by atoms with Gasteiger partial charge in [-0.05, 0) is 44.7 Å². The second-order valence-corrected chi connectivity index (χ2v) is 6.11. The third-order valence-corrected chi connectivity index (χ3v) is 3.72. The number of nitrogens with zero attached hydrogens (tertiary/aromatic N) is 2. The highest BCUT2D eigenvalue weighted by Crippen LogP contribution is 2.30. The van der Waals surface area contributed by atoms with E-state index in [0.29, 0.717) is 0 Å². The van der Waals surface area contributed by atoms with Crippen LogP contribution in [0, 0.1) is 11.8 Å². The van der Waals surface area contributed by atoms with Crippen LogP contribution in [0.4, 0.5) is 0 Å². The van der Waals surface area contributed by atoms with Gasteiger partial charge in [0.25, 0.3) is 0 Å². The third kappa shape index (κ3) is 4.08. The Kier molecular flexibility index (Phi) is 4.28. The van der Waals surface area contributed by atoms with Crippen molar-refractivity contribution >= 4 is 11.6 Å². The Hall–Kier alpha value is -0.0500. The number of hydrogen-bond acceptors (Lipinski definition) is 2. The summed E-state index contributed by atoms with van der Waals surface area (Å²) in [4.78, 5) is 4.94. The van der Waals surface area contributed by atoms with Crippen molar-refractivity contribution in [3.05, 3.63) is 11.6 Å². The molecule has 0 bridgehead atoms. The molecule has 0 aromatic carbocycles. The van der Waals surface area contributed by atoms with E-state index in [1.54, 1.807) is 0 Å². The van der Waals surface area contributed by atoms with Crippen molar-refractivity contribution in [1.82, 2.24) is 9.80 Å². The summed E-state index contributed by atoms with van der Waals surface area (Å²) in [5, 5.41) is 0.770. The van der Waals surface area contributed by atoms with Gasteiger partial charge in [-0.2, -0.15) is 0 Å². The Balaban J connectivity index is 1.65. The topological polar surface area (TPSA) is 6.48 Å². The minimum atomic E-state index is 0.770. The molecule has 0 amide bonds. The standard InChI is InChI=1S/C13H23ClN2/c1-11(14)7-16-6-5-13(10-16)9-15(2)8-12-3-4-12/h12-13H,1,3-10H2,2H3. The van der Waals surface area contributed by atoms with Crippen LogP contribution in [0.3, 0.4) is 0 Å². The second-order valence-electron chi connectivity index (χ2n) is 5.57. The fourth-order valence-electron chi connectivity index (χ4n) is 2.70. The van der Waals surface area contributed by atoms with Crippen molar-refractivity contribution in [3.63, 3.8) is 0 Å². The molecular formula is C13H23ClN2. The van der Waals surface area contributed by atoms with Crippen molar-refractivity contribution in [2.45, 2.75) is 19.3 Å². The molecule has 1 saturated carbocycles. The summed E-state index contributed by atoms with van der Waals surface area (Å²) in [6, 6.07) is 0. The summed E-state index contributed by atoms with van der Waals surface area (Å²) in [5.74, 6) is 1.84. The molecule has 2 fully saturated rings. The molecule has 0 aromatic rings. The van der Waals surface area contributed by atoms with Crippen LogP contribution in [0.1, 0.15) is 19.3 Å². The molecule has 0 radical (unpaired) electrons. The summed E-state index contributed by atoms with van der Waals surface area (Å²) < 4.78 is 0. The zero-order valence-corrected chi connectivity index (χ0v) is 11.0. The quantitative estimate of drug-likeness (QED) is 0.706. The van der Waals surface area contributed by atoms with Crippen LogP contribution in [0.15, 0.2) is 11.6 Å². The van der Waals surface area contributed by atoms with E-state index >= 15 is 0 Å². The van der Waals surface area contributed by atoms with Gasteiger partial charge in [0.15, 0.2) is 0 Å². The lowest BCUT2D eigenvalue weighted by Crippen LogP contribution is -2.30. The van der Waals surface area contributed by atoms with Gasteiger partial charge >= 0.3 is 0 Å². The average Bonchev–Trinajstić information content (AvgIpc) is 2.87. The Morgan fingerprint density at radius 1 is 1.31 bits per heavy atom. The van der Waals surface area contributed by atoms with Gasteiger partial charge in [0, 0.05) is 31.2 Å². The zero-order chi connectivity index (χ0) is 11.5. The van der Waals surface area contributed by atoms with Crippen molar-refractivity contribution in [3.8, 4) is 0 Å². The maximum atomic E-state index is 5.84. The van der Waals surface area contributed by atoms with Crippen LogP contribution in [-0.2, 0) is 0 Å².